The molecule has 1 heterocycles. The Morgan fingerprint density at radius 2 is 2.20 bits per heavy atom. The first-order valence-electron chi connectivity index (χ1n) is 4.65. The van der Waals surface area contributed by atoms with Crippen molar-refractivity contribution in [2.45, 2.75) is 13.5 Å². The van der Waals surface area contributed by atoms with Crippen LogP contribution in [0.3, 0.4) is 0 Å². The van der Waals surface area contributed by atoms with Gasteiger partial charge in [-0.2, -0.15) is 5.26 Å². The summed E-state index contributed by atoms with van der Waals surface area (Å²) >= 11 is 0. The maximum absolute atomic E-state index is 9.06. The van der Waals surface area contributed by atoms with Gasteiger partial charge in [0.15, 0.2) is 0 Å². The molecule has 15 heavy (non-hydrogen) atoms. The van der Waals surface area contributed by atoms with Gasteiger partial charge in [0, 0.05) is 11.6 Å². The zero-order valence-corrected chi connectivity index (χ0v) is 8.36. The summed E-state index contributed by atoms with van der Waals surface area (Å²) in [5.41, 5.74) is 2.99. The minimum atomic E-state index is -0.0570. The summed E-state index contributed by atoms with van der Waals surface area (Å²) in [6.45, 7) is 1.89. The third-order valence-corrected chi connectivity index (χ3v) is 2.28. The van der Waals surface area contributed by atoms with Crippen LogP contribution in [0.1, 0.15) is 16.7 Å². The molecule has 1 aromatic heterocycles. The molecule has 3 nitrogen and oxygen atoms in total. The van der Waals surface area contributed by atoms with Gasteiger partial charge in [0.2, 0.25) is 0 Å². The van der Waals surface area contributed by atoms with E-state index in [4.69, 9.17) is 10.4 Å². The molecule has 0 saturated carbocycles. The molecule has 0 aliphatic rings. The van der Waals surface area contributed by atoms with Crippen molar-refractivity contribution in [3.05, 3.63) is 41.1 Å². The average Bonchev–Trinajstić information content (AvgIpc) is 2.26. The van der Waals surface area contributed by atoms with Crippen LogP contribution in [0.5, 0.6) is 0 Å². The number of hydrogen-bond acceptors (Lipinski definition) is 3. The van der Waals surface area contributed by atoms with Crippen molar-refractivity contribution in [3.8, 4) is 6.07 Å². The minimum absolute atomic E-state index is 0.0570. The largest absolute Gasteiger partial charge is 0.392 e. The van der Waals surface area contributed by atoms with Crippen LogP contribution >= 0.6 is 0 Å². The lowest BCUT2D eigenvalue weighted by atomic mass is 10.1. The fraction of sp³-hybridized carbons (Fsp3) is 0.167. The van der Waals surface area contributed by atoms with Gasteiger partial charge in [0.1, 0.15) is 6.07 Å². The van der Waals surface area contributed by atoms with Crippen LogP contribution in [0.4, 0.5) is 0 Å². The van der Waals surface area contributed by atoms with Crippen LogP contribution in [0.25, 0.3) is 10.9 Å². The van der Waals surface area contributed by atoms with Crippen LogP contribution in [0, 0.1) is 18.3 Å². The average molecular weight is 198 g/mol. The molecule has 0 radical (unpaired) electrons. The number of nitrogens with zero attached hydrogens (tertiary/aromatic N) is 2. The Bertz CT molecular complexity index is 555. The Balaban J connectivity index is 2.82. The molecule has 0 fully saturated rings. The van der Waals surface area contributed by atoms with Crippen LogP contribution in [-0.4, -0.2) is 10.1 Å². The van der Waals surface area contributed by atoms with Crippen LogP contribution in [0.2, 0.25) is 0 Å². The number of nitriles is 1. The van der Waals surface area contributed by atoms with E-state index < -0.39 is 0 Å². The highest BCUT2D eigenvalue weighted by Gasteiger charge is 2.04. The van der Waals surface area contributed by atoms with Crippen molar-refractivity contribution in [1.29, 1.82) is 5.26 Å². The van der Waals surface area contributed by atoms with E-state index in [0.717, 1.165) is 16.5 Å². The third-order valence-electron chi connectivity index (χ3n) is 2.28. The second-order valence-corrected chi connectivity index (χ2v) is 3.50. The van der Waals surface area contributed by atoms with Crippen molar-refractivity contribution >= 4 is 10.9 Å². The summed E-state index contributed by atoms with van der Waals surface area (Å²) in [5.74, 6) is 0. The molecule has 0 unspecified atom stereocenters. The highest BCUT2D eigenvalue weighted by molar-refractivity contribution is 5.85. The number of pyridine rings is 1. The molecule has 0 spiro atoms. The molecular formula is C12H10N2O. The second kappa shape index (κ2) is 3.68. The van der Waals surface area contributed by atoms with E-state index in [2.05, 4.69) is 11.1 Å². The summed E-state index contributed by atoms with van der Waals surface area (Å²) in [7, 11) is 0. The molecule has 2 aromatic rings. The van der Waals surface area contributed by atoms with Crippen molar-refractivity contribution in [2.24, 2.45) is 0 Å². The summed E-state index contributed by atoms with van der Waals surface area (Å²) in [4.78, 5) is 4.22. The van der Waals surface area contributed by atoms with E-state index in [1.54, 1.807) is 12.3 Å². The predicted molar refractivity (Wildman–Crippen MR) is 57.1 cm³/mol. The molecule has 2 rings (SSSR count). The van der Waals surface area contributed by atoms with Crippen LogP contribution < -0.4 is 0 Å². The Morgan fingerprint density at radius 3 is 2.87 bits per heavy atom. The fourth-order valence-corrected chi connectivity index (χ4v) is 1.60. The van der Waals surface area contributed by atoms with Gasteiger partial charge in [0.05, 0.1) is 17.7 Å². The summed E-state index contributed by atoms with van der Waals surface area (Å²) < 4.78 is 0. The minimum Gasteiger partial charge on any atom is -0.392 e. The number of fused-ring (bicyclic) bond motifs is 1. The highest BCUT2D eigenvalue weighted by atomic mass is 16.3. The zero-order chi connectivity index (χ0) is 10.8. The lowest BCUT2D eigenvalue weighted by molar-refractivity contribution is 0.282. The molecular weight excluding hydrogens is 188 g/mol. The molecule has 1 aromatic carbocycles. The zero-order valence-electron chi connectivity index (χ0n) is 8.36. The molecule has 0 amide bonds. The van der Waals surface area contributed by atoms with Gasteiger partial charge in [-0.05, 0) is 36.2 Å². The molecule has 74 valence electrons. The summed E-state index contributed by atoms with van der Waals surface area (Å²) in [6, 6.07) is 7.58. The van der Waals surface area contributed by atoms with E-state index in [0.29, 0.717) is 11.1 Å². The van der Waals surface area contributed by atoms with Gasteiger partial charge >= 0.3 is 0 Å². The quantitative estimate of drug-likeness (QED) is 0.761. The number of hydrogen-bond donors (Lipinski definition) is 1. The number of benzene rings is 1. The molecule has 0 saturated heterocycles. The Labute approximate surface area is 87.6 Å². The lowest BCUT2D eigenvalue weighted by Crippen LogP contribution is -1.90. The monoisotopic (exact) mass is 198 g/mol. The van der Waals surface area contributed by atoms with Crippen molar-refractivity contribution in [3.63, 3.8) is 0 Å². The molecule has 0 aliphatic carbocycles. The second-order valence-electron chi connectivity index (χ2n) is 3.50. The standard InChI is InChI=1S/C12H10N2O/c1-8-2-10-3-9(7-15)4-11(5-13)12(10)14-6-8/h2-4,6,15H,7H2,1H3. The third kappa shape index (κ3) is 1.67. The van der Waals surface area contributed by atoms with E-state index in [-0.39, 0.29) is 6.61 Å². The van der Waals surface area contributed by atoms with Crippen LogP contribution in [-0.2, 0) is 6.61 Å². The molecule has 0 bridgehead atoms. The van der Waals surface area contributed by atoms with Crippen LogP contribution in [0.15, 0.2) is 24.4 Å². The lowest BCUT2D eigenvalue weighted by Gasteiger charge is -2.03. The molecule has 0 aliphatic heterocycles. The van der Waals surface area contributed by atoms with Gasteiger partial charge < -0.3 is 5.11 Å². The molecule has 0 atom stereocenters. The Hall–Kier alpha value is -1.92. The summed E-state index contributed by atoms with van der Waals surface area (Å²) in [6.07, 6.45) is 1.74. The normalized spacial score (nSPS) is 10.2. The van der Waals surface area contributed by atoms with Gasteiger partial charge in [-0.25, -0.2) is 0 Å². The maximum Gasteiger partial charge on any atom is 0.101 e. The topological polar surface area (TPSA) is 56.9 Å². The van der Waals surface area contributed by atoms with E-state index in [1.807, 2.05) is 19.1 Å². The Morgan fingerprint density at radius 1 is 1.40 bits per heavy atom. The maximum atomic E-state index is 9.06. The SMILES string of the molecule is Cc1cnc2c(C#N)cc(CO)cc2c1. The number of aliphatic hydroxyl groups excluding tert-OH is 1. The number of rotatable bonds is 1. The van der Waals surface area contributed by atoms with Crippen molar-refractivity contribution < 1.29 is 5.11 Å². The smallest absolute Gasteiger partial charge is 0.101 e. The first-order chi connectivity index (χ1) is 7.24. The highest BCUT2D eigenvalue weighted by Crippen LogP contribution is 2.19. The van der Waals surface area contributed by atoms with Crippen molar-refractivity contribution in [2.75, 3.05) is 0 Å². The molecule has 1 N–H and O–H groups in total. The van der Waals surface area contributed by atoms with Gasteiger partial charge in [-0.3, -0.25) is 4.98 Å². The first-order valence-corrected chi connectivity index (χ1v) is 4.65. The van der Waals surface area contributed by atoms with Gasteiger partial charge in [-0.15, -0.1) is 0 Å². The van der Waals surface area contributed by atoms with E-state index >= 15 is 0 Å². The number of aromatic nitrogens is 1. The predicted octanol–water partition coefficient (Wildman–Crippen LogP) is 1.91. The van der Waals surface area contributed by atoms with Gasteiger partial charge in [0.25, 0.3) is 0 Å². The number of aliphatic hydroxyl groups is 1. The molecule has 3 heteroatoms. The first kappa shape index (κ1) is 9.63. The van der Waals surface area contributed by atoms with E-state index in [1.165, 1.54) is 0 Å². The summed E-state index contributed by atoms with van der Waals surface area (Å²) in [5, 5.41) is 18.9. The fourth-order valence-electron chi connectivity index (χ4n) is 1.60. The van der Waals surface area contributed by atoms with E-state index in [9.17, 15) is 0 Å². The number of aryl methyl sites for hydroxylation is 1. The van der Waals surface area contributed by atoms with Gasteiger partial charge in [-0.1, -0.05) is 0 Å². The Kier molecular flexibility index (Phi) is 2.36. The van der Waals surface area contributed by atoms with Crippen molar-refractivity contribution in [1.82, 2.24) is 4.98 Å².